The zero-order chi connectivity index (χ0) is 17.6. The van der Waals surface area contributed by atoms with Crippen LogP contribution in [0.15, 0.2) is 36.4 Å². The first kappa shape index (κ1) is 16.1. The molecular formula is C18H18FN2O3+. The molecule has 24 heavy (non-hydrogen) atoms. The summed E-state index contributed by atoms with van der Waals surface area (Å²) in [5.74, 6) is -0.325. The van der Waals surface area contributed by atoms with Gasteiger partial charge in [-0.2, -0.15) is 0 Å². The second kappa shape index (κ2) is 5.40. The Balaban J connectivity index is 2.12. The van der Waals surface area contributed by atoms with Gasteiger partial charge in [-0.1, -0.05) is 0 Å². The molecule has 1 unspecified atom stereocenters. The fraction of sp³-hybridized carbons (Fsp3) is 0.278. The second-order valence-corrected chi connectivity index (χ2v) is 6.38. The molecule has 5 nitrogen and oxygen atoms in total. The van der Waals surface area contributed by atoms with E-state index in [1.54, 1.807) is 6.07 Å². The zero-order valence-corrected chi connectivity index (χ0v) is 13.7. The summed E-state index contributed by atoms with van der Waals surface area (Å²) in [5, 5.41) is 21.1. The van der Waals surface area contributed by atoms with Crippen LogP contribution >= 0.6 is 0 Å². The van der Waals surface area contributed by atoms with Crippen molar-refractivity contribution < 1.29 is 19.0 Å². The van der Waals surface area contributed by atoms with Crippen molar-refractivity contribution in [3.8, 4) is 5.75 Å². The Morgan fingerprint density at radius 1 is 1.29 bits per heavy atom. The molecular weight excluding hydrogens is 311 g/mol. The van der Waals surface area contributed by atoms with Gasteiger partial charge in [0.2, 0.25) is 5.69 Å². The average Bonchev–Trinajstić information content (AvgIpc) is 2.71. The van der Waals surface area contributed by atoms with Gasteiger partial charge in [0.05, 0.1) is 10.3 Å². The van der Waals surface area contributed by atoms with Crippen LogP contribution in [0.1, 0.15) is 25.0 Å². The van der Waals surface area contributed by atoms with Gasteiger partial charge in [0, 0.05) is 36.2 Å². The van der Waals surface area contributed by atoms with Crippen LogP contribution in [-0.2, 0) is 11.8 Å². The molecule has 3 rings (SSSR count). The summed E-state index contributed by atoms with van der Waals surface area (Å²) in [6, 6.07) is 8.62. The summed E-state index contributed by atoms with van der Waals surface area (Å²) in [6.07, 6.45) is 0.340. The van der Waals surface area contributed by atoms with Gasteiger partial charge < -0.3 is 5.11 Å². The van der Waals surface area contributed by atoms with Crippen molar-refractivity contribution in [2.75, 3.05) is 7.05 Å². The molecule has 0 spiro atoms. The zero-order valence-electron chi connectivity index (χ0n) is 13.7. The number of nitro groups is 1. The van der Waals surface area contributed by atoms with E-state index in [9.17, 15) is 19.6 Å². The van der Waals surface area contributed by atoms with Gasteiger partial charge in [-0.15, -0.1) is 0 Å². The number of phenolic OH excluding ortho intramolecular Hbond substituents is 1. The predicted molar refractivity (Wildman–Crippen MR) is 88.7 cm³/mol. The normalized spacial score (nSPS) is 19.5. The largest absolute Gasteiger partial charge is 0.508 e. The Labute approximate surface area is 138 Å². The van der Waals surface area contributed by atoms with Crippen LogP contribution in [0.3, 0.4) is 0 Å². The molecule has 1 aliphatic heterocycles. The maximum Gasteiger partial charge on any atom is 0.269 e. The fourth-order valence-electron chi connectivity index (χ4n) is 3.42. The van der Waals surface area contributed by atoms with E-state index in [2.05, 4.69) is 0 Å². The molecule has 124 valence electrons. The van der Waals surface area contributed by atoms with E-state index < -0.39 is 10.3 Å². The number of nitrogens with zero attached hydrogens (tertiary/aromatic N) is 2. The highest BCUT2D eigenvalue weighted by Gasteiger charge is 2.46. The molecule has 0 aromatic heterocycles. The first-order valence-electron chi connectivity index (χ1n) is 7.58. The van der Waals surface area contributed by atoms with Crippen molar-refractivity contribution >= 4 is 17.1 Å². The third kappa shape index (κ3) is 2.35. The number of fused-ring (bicyclic) bond motifs is 1. The Hall–Kier alpha value is -2.76. The summed E-state index contributed by atoms with van der Waals surface area (Å²) in [4.78, 5) is 10.5. The molecule has 2 aromatic rings. The molecule has 0 aliphatic carbocycles. The minimum absolute atomic E-state index is 0.00197. The minimum atomic E-state index is -0.557. The van der Waals surface area contributed by atoms with Crippen molar-refractivity contribution in [2.24, 2.45) is 0 Å². The van der Waals surface area contributed by atoms with Gasteiger partial charge in [-0.3, -0.25) is 10.1 Å². The minimum Gasteiger partial charge on any atom is -0.508 e. The van der Waals surface area contributed by atoms with Crippen molar-refractivity contribution in [1.82, 2.24) is 0 Å². The van der Waals surface area contributed by atoms with Crippen molar-refractivity contribution in [2.45, 2.75) is 25.7 Å². The van der Waals surface area contributed by atoms with Crippen molar-refractivity contribution in [3.05, 3.63) is 63.5 Å². The van der Waals surface area contributed by atoms with E-state index in [1.807, 2.05) is 25.5 Å². The number of phenols is 1. The van der Waals surface area contributed by atoms with E-state index in [-0.39, 0.29) is 17.3 Å². The van der Waals surface area contributed by atoms with E-state index in [0.717, 1.165) is 17.0 Å². The number of non-ortho nitro benzene ring substituents is 1. The molecule has 2 aromatic carbocycles. The maximum absolute atomic E-state index is 13.8. The quantitative estimate of drug-likeness (QED) is 0.530. The highest BCUT2D eigenvalue weighted by molar-refractivity contribution is 5.94. The molecule has 1 aliphatic rings. The van der Waals surface area contributed by atoms with E-state index in [4.69, 9.17) is 0 Å². The number of hydrogen-bond acceptors (Lipinski definition) is 3. The molecule has 6 heteroatoms. The summed E-state index contributed by atoms with van der Waals surface area (Å²) in [5.41, 5.74) is 2.55. The highest BCUT2D eigenvalue weighted by Crippen LogP contribution is 2.43. The lowest BCUT2D eigenvalue weighted by molar-refractivity contribution is -0.403. The number of aromatic hydroxyl groups is 1. The van der Waals surface area contributed by atoms with Gasteiger partial charge in [0.25, 0.3) is 5.69 Å². The van der Waals surface area contributed by atoms with Crippen LogP contribution in [0.5, 0.6) is 5.75 Å². The second-order valence-electron chi connectivity index (χ2n) is 6.38. The average molecular weight is 329 g/mol. The van der Waals surface area contributed by atoms with E-state index in [0.29, 0.717) is 12.0 Å². The molecule has 0 fully saturated rings. The van der Waals surface area contributed by atoms with Crippen molar-refractivity contribution in [1.29, 1.82) is 0 Å². The third-order valence-electron chi connectivity index (χ3n) is 5.03. The summed E-state index contributed by atoms with van der Waals surface area (Å²) in [7, 11) is 1.91. The smallest absolute Gasteiger partial charge is 0.269 e. The summed E-state index contributed by atoms with van der Waals surface area (Å²) < 4.78 is 15.8. The highest BCUT2D eigenvalue weighted by atomic mass is 19.1. The lowest BCUT2D eigenvalue weighted by Gasteiger charge is -2.22. The summed E-state index contributed by atoms with van der Waals surface area (Å²) in [6.45, 7) is 3.91. The molecule has 1 atom stereocenters. The molecule has 0 radical (unpaired) electrons. The predicted octanol–water partition coefficient (Wildman–Crippen LogP) is 3.69. The van der Waals surface area contributed by atoms with Crippen LogP contribution in [0.2, 0.25) is 0 Å². The standard InChI is InChI=1S/C18H17FN2O3/c1-11-18(2,15-9-13(19)4-6-16(15)20(11)3)10-12-8-14(21(23)24)5-7-17(12)22/h4-9H,10H2,1-3H3/p+1. The van der Waals surface area contributed by atoms with Crippen LogP contribution in [0.4, 0.5) is 15.8 Å². The molecule has 0 saturated carbocycles. The number of rotatable bonds is 3. The Kier molecular flexibility index (Phi) is 3.63. The molecule has 1 N–H and O–H groups in total. The van der Waals surface area contributed by atoms with Gasteiger partial charge in [-0.05, 0) is 31.5 Å². The molecule has 0 saturated heterocycles. The lowest BCUT2D eigenvalue weighted by Crippen LogP contribution is -2.32. The maximum atomic E-state index is 13.8. The van der Waals surface area contributed by atoms with E-state index in [1.165, 1.54) is 30.3 Å². The van der Waals surface area contributed by atoms with Gasteiger partial charge >= 0.3 is 0 Å². The van der Waals surface area contributed by atoms with Gasteiger partial charge in [0.1, 0.15) is 18.6 Å². The van der Waals surface area contributed by atoms with Gasteiger partial charge in [0.15, 0.2) is 5.71 Å². The monoisotopic (exact) mass is 329 g/mol. The number of benzene rings is 2. The summed E-state index contributed by atoms with van der Waals surface area (Å²) >= 11 is 0. The van der Waals surface area contributed by atoms with Crippen molar-refractivity contribution in [3.63, 3.8) is 0 Å². The first-order chi connectivity index (χ1) is 11.2. The van der Waals surface area contributed by atoms with Crippen LogP contribution in [0, 0.1) is 15.9 Å². The topological polar surface area (TPSA) is 66.4 Å². The lowest BCUT2D eigenvalue weighted by atomic mass is 9.75. The Morgan fingerprint density at radius 2 is 2.00 bits per heavy atom. The SMILES string of the molecule is CC1=[N+](C)c2ccc(F)cc2C1(C)Cc1cc([N+](=O)[O-])ccc1O. The van der Waals surface area contributed by atoms with Crippen LogP contribution in [0.25, 0.3) is 0 Å². The number of hydrogen-bond donors (Lipinski definition) is 1. The first-order valence-corrected chi connectivity index (χ1v) is 7.58. The Bertz CT molecular complexity index is 892. The number of nitro benzene ring substituents is 1. The fourth-order valence-corrected chi connectivity index (χ4v) is 3.42. The molecule has 0 amide bonds. The molecule has 1 heterocycles. The molecule has 0 bridgehead atoms. The van der Waals surface area contributed by atoms with Crippen LogP contribution < -0.4 is 0 Å². The number of halogens is 1. The van der Waals surface area contributed by atoms with Gasteiger partial charge in [-0.25, -0.2) is 8.97 Å². The van der Waals surface area contributed by atoms with Crippen LogP contribution in [-0.4, -0.2) is 27.4 Å². The Morgan fingerprint density at radius 3 is 2.67 bits per heavy atom. The van der Waals surface area contributed by atoms with E-state index >= 15 is 0 Å². The third-order valence-corrected chi connectivity index (χ3v) is 5.03.